The SMILES string of the molecule is CC12CCC(=O)N1C(C(=O)NCC(c1ccccc1)c1c[nH]c3ccccc13)CS2. The number of carbonyl (C=O) groups is 2. The van der Waals surface area contributed by atoms with E-state index in [0.717, 1.165) is 17.5 Å². The Hall–Kier alpha value is -2.73. The molecule has 3 unspecified atom stereocenters. The molecule has 30 heavy (non-hydrogen) atoms. The maximum atomic E-state index is 13.1. The molecule has 2 aliphatic rings. The standard InChI is InChI=1S/C24H25N3O2S/c1-24-12-11-22(28)27(24)21(15-30-24)23(29)26-13-18(16-7-3-2-4-8-16)19-14-25-20-10-6-5-9-17(19)20/h2-10,14,18,21,25H,11-13,15H2,1H3,(H,26,29). The molecular weight excluding hydrogens is 394 g/mol. The van der Waals surface area contributed by atoms with Crippen LogP contribution in [0.5, 0.6) is 0 Å². The van der Waals surface area contributed by atoms with Gasteiger partial charge < -0.3 is 15.2 Å². The third-order valence-corrected chi connectivity index (χ3v) is 7.93. The van der Waals surface area contributed by atoms with Gasteiger partial charge in [0, 0.05) is 41.7 Å². The van der Waals surface area contributed by atoms with Crippen LogP contribution >= 0.6 is 11.8 Å². The summed E-state index contributed by atoms with van der Waals surface area (Å²) in [5.41, 5.74) is 3.41. The molecule has 2 aromatic carbocycles. The van der Waals surface area contributed by atoms with E-state index in [2.05, 4.69) is 41.5 Å². The minimum absolute atomic E-state index is 0.0287. The molecule has 0 aliphatic carbocycles. The van der Waals surface area contributed by atoms with Gasteiger partial charge in [0.15, 0.2) is 0 Å². The monoisotopic (exact) mass is 419 g/mol. The second-order valence-corrected chi connectivity index (χ2v) is 9.77. The van der Waals surface area contributed by atoms with Gasteiger partial charge in [0.2, 0.25) is 11.8 Å². The molecule has 6 heteroatoms. The number of nitrogens with one attached hydrogen (secondary N) is 2. The molecule has 5 rings (SSSR count). The Morgan fingerprint density at radius 3 is 2.83 bits per heavy atom. The van der Waals surface area contributed by atoms with Gasteiger partial charge in [0.1, 0.15) is 6.04 Å². The maximum absolute atomic E-state index is 13.1. The topological polar surface area (TPSA) is 65.2 Å². The highest BCUT2D eigenvalue weighted by molar-refractivity contribution is 8.01. The van der Waals surface area contributed by atoms with Crippen molar-refractivity contribution in [1.82, 2.24) is 15.2 Å². The largest absolute Gasteiger partial charge is 0.361 e. The van der Waals surface area contributed by atoms with Gasteiger partial charge in [0.25, 0.3) is 0 Å². The molecule has 5 nitrogen and oxygen atoms in total. The zero-order valence-electron chi connectivity index (χ0n) is 16.9. The number of rotatable bonds is 5. The van der Waals surface area contributed by atoms with Crippen molar-refractivity contribution >= 4 is 34.5 Å². The highest BCUT2D eigenvalue weighted by Crippen LogP contribution is 2.47. The number of fused-ring (bicyclic) bond motifs is 2. The van der Waals surface area contributed by atoms with Crippen LogP contribution in [0.4, 0.5) is 0 Å². The maximum Gasteiger partial charge on any atom is 0.243 e. The molecule has 3 aromatic rings. The molecule has 0 spiro atoms. The number of hydrogen-bond donors (Lipinski definition) is 2. The quantitative estimate of drug-likeness (QED) is 0.660. The fraction of sp³-hybridized carbons (Fsp3) is 0.333. The fourth-order valence-corrected chi connectivity index (χ4v) is 6.24. The molecular formula is C24H25N3O2S. The number of H-pyrrole nitrogens is 1. The lowest BCUT2D eigenvalue weighted by atomic mass is 9.91. The molecule has 2 N–H and O–H groups in total. The predicted molar refractivity (Wildman–Crippen MR) is 120 cm³/mol. The number of carbonyl (C=O) groups excluding carboxylic acids is 2. The summed E-state index contributed by atoms with van der Waals surface area (Å²) in [6.07, 6.45) is 3.40. The number of aromatic nitrogens is 1. The normalized spacial score (nSPS) is 24.2. The number of aromatic amines is 1. The number of thioether (sulfide) groups is 1. The number of para-hydroxylation sites is 1. The summed E-state index contributed by atoms with van der Waals surface area (Å²) in [7, 11) is 0. The van der Waals surface area contributed by atoms with Crippen molar-refractivity contribution in [3.05, 3.63) is 71.9 Å². The Bertz CT molecular complexity index is 1100. The average Bonchev–Trinajstić information content (AvgIpc) is 3.42. The Balaban J connectivity index is 1.40. The third kappa shape index (κ3) is 3.19. The molecule has 2 amide bonds. The van der Waals surface area contributed by atoms with Crippen LogP contribution in [-0.2, 0) is 9.59 Å². The molecule has 154 valence electrons. The predicted octanol–water partition coefficient (Wildman–Crippen LogP) is 3.87. The van der Waals surface area contributed by atoms with Gasteiger partial charge in [-0.25, -0.2) is 0 Å². The molecule has 2 aliphatic heterocycles. The van der Waals surface area contributed by atoms with E-state index in [-0.39, 0.29) is 28.6 Å². The Morgan fingerprint density at radius 2 is 2.00 bits per heavy atom. The first-order valence-electron chi connectivity index (χ1n) is 10.4. The first-order valence-corrected chi connectivity index (χ1v) is 11.4. The van der Waals surface area contributed by atoms with Gasteiger partial charge in [0.05, 0.1) is 4.87 Å². The Labute approximate surface area is 180 Å². The van der Waals surface area contributed by atoms with E-state index >= 15 is 0 Å². The summed E-state index contributed by atoms with van der Waals surface area (Å²) in [5.74, 6) is 0.735. The summed E-state index contributed by atoms with van der Waals surface area (Å²) < 4.78 is 0. The van der Waals surface area contributed by atoms with Crippen molar-refractivity contribution in [1.29, 1.82) is 0 Å². The van der Waals surface area contributed by atoms with Gasteiger partial charge in [-0.1, -0.05) is 48.5 Å². The lowest BCUT2D eigenvalue weighted by Crippen LogP contribution is -2.50. The third-order valence-electron chi connectivity index (χ3n) is 6.43. The Morgan fingerprint density at radius 1 is 1.23 bits per heavy atom. The van der Waals surface area contributed by atoms with Crippen molar-refractivity contribution in [2.75, 3.05) is 12.3 Å². The van der Waals surface area contributed by atoms with E-state index < -0.39 is 0 Å². The van der Waals surface area contributed by atoms with E-state index in [1.54, 1.807) is 11.8 Å². The van der Waals surface area contributed by atoms with Gasteiger partial charge in [-0.05, 0) is 30.5 Å². The van der Waals surface area contributed by atoms with Crippen molar-refractivity contribution in [2.24, 2.45) is 0 Å². The van der Waals surface area contributed by atoms with Crippen molar-refractivity contribution in [3.8, 4) is 0 Å². The second-order valence-electron chi connectivity index (χ2n) is 8.26. The van der Waals surface area contributed by atoms with Crippen molar-refractivity contribution < 1.29 is 9.59 Å². The summed E-state index contributed by atoms with van der Waals surface area (Å²) in [5, 5.41) is 4.33. The summed E-state index contributed by atoms with van der Waals surface area (Å²) in [4.78, 5) is 30.5. The van der Waals surface area contributed by atoms with Gasteiger partial charge in [-0.2, -0.15) is 0 Å². The van der Waals surface area contributed by atoms with E-state index in [1.807, 2.05) is 41.4 Å². The highest BCUT2D eigenvalue weighted by atomic mass is 32.2. The Kier molecular flexibility index (Phi) is 4.82. The van der Waals surface area contributed by atoms with Crippen molar-refractivity contribution in [3.63, 3.8) is 0 Å². The van der Waals surface area contributed by atoms with Crippen LogP contribution in [0, 0.1) is 0 Å². The lowest BCUT2D eigenvalue weighted by molar-refractivity contribution is -0.137. The van der Waals surface area contributed by atoms with Gasteiger partial charge in [-0.15, -0.1) is 11.8 Å². The minimum Gasteiger partial charge on any atom is -0.361 e. The number of hydrogen-bond acceptors (Lipinski definition) is 3. The van der Waals surface area contributed by atoms with E-state index in [9.17, 15) is 9.59 Å². The molecule has 2 saturated heterocycles. The van der Waals surface area contributed by atoms with Crippen LogP contribution in [0.1, 0.15) is 36.8 Å². The number of benzene rings is 2. The zero-order valence-corrected chi connectivity index (χ0v) is 17.7. The molecule has 0 radical (unpaired) electrons. The van der Waals surface area contributed by atoms with E-state index in [0.29, 0.717) is 18.7 Å². The van der Waals surface area contributed by atoms with E-state index in [1.165, 1.54) is 10.9 Å². The summed E-state index contributed by atoms with van der Waals surface area (Å²) >= 11 is 1.72. The first kappa shape index (κ1) is 19.2. The smallest absolute Gasteiger partial charge is 0.243 e. The lowest BCUT2D eigenvalue weighted by Gasteiger charge is -2.30. The molecule has 3 atom stereocenters. The van der Waals surface area contributed by atoms with E-state index in [4.69, 9.17) is 0 Å². The number of nitrogens with zero attached hydrogens (tertiary/aromatic N) is 1. The molecule has 0 bridgehead atoms. The zero-order chi connectivity index (χ0) is 20.7. The second kappa shape index (κ2) is 7.51. The summed E-state index contributed by atoms with van der Waals surface area (Å²) in [6, 6.07) is 18.1. The van der Waals surface area contributed by atoms with Crippen LogP contribution in [0.15, 0.2) is 60.8 Å². The molecule has 2 fully saturated rings. The van der Waals surface area contributed by atoms with Crippen molar-refractivity contribution in [2.45, 2.75) is 36.6 Å². The highest BCUT2D eigenvalue weighted by Gasteiger charge is 2.52. The van der Waals surface area contributed by atoms with Crippen LogP contribution in [0.2, 0.25) is 0 Å². The van der Waals surface area contributed by atoms with Gasteiger partial charge >= 0.3 is 0 Å². The summed E-state index contributed by atoms with van der Waals surface area (Å²) in [6.45, 7) is 2.57. The van der Waals surface area contributed by atoms with Crippen LogP contribution in [0.3, 0.4) is 0 Å². The van der Waals surface area contributed by atoms with Crippen LogP contribution in [-0.4, -0.2) is 44.9 Å². The molecule has 0 saturated carbocycles. The van der Waals surface area contributed by atoms with Crippen LogP contribution in [0.25, 0.3) is 10.9 Å². The molecule has 3 heterocycles. The minimum atomic E-state index is -0.380. The molecule has 1 aromatic heterocycles. The first-order chi connectivity index (χ1) is 14.6. The van der Waals surface area contributed by atoms with Gasteiger partial charge in [-0.3, -0.25) is 9.59 Å². The average molecular weight is 420 g/mol. The van der Waals surface area contributed by atoms with Crippen LogP contribution < -0.4 is 5.32 Å². The number of amides is 2. The fourth-order valence-electron chi connectivity index (χ4n) is 4.81.